The van der Waals surface area contributed by atoms with Gasteiger partial charge in [-0.3, -0.25) is 9.36 Å². The Morgan fingerprint density at radius 3 is 2.51 bits per heavy atom. The summed E-state index contributed by atoms with van der Waals surface area (Å²) in [5, 5.41) is 1.09. The molecule has 0 fully saturated rings. The van der Waals surface area contributed by atoms with Gasteiger partial charge in [0.15, 0.2) is 0 Å². The molecule has 0 aliphatic carbocycles. The van der Waals surface area contributed by atoms with Crippen LogP contribution in [0.5, 0.6) is 5.75 Å². The first-order chi connectivity index (χ1) is 17.1. The number of para-hydroxylation sites is 1. The number of rotatable bonds is 7. The molecule has 0 aliphatic heterocycles. The van der Waals surface area contributed by atoms with Gasteiger partial charge in [-0.05, 0) is 59.2 Å². The first-order valence-electron chi connectivity index (χ1n) is 11.2. The lowest BCUT2D eigenvalue weighted by Crippen LogP contribution is -2.19. The molecule has 5 aromatic rings. The molecule has 0 aliphatic rings. The third-order valence-electron chi connectivity index (χ3n) is 5.61. The Kier molecular flexibility index (Phi) is 6.44. The molecule has 3 aromatic carbocycles. The summed E-state index contributed by atoms with van der Waals surface area (Å²) < 4.78 is 20.9. The summed E-state index contributed by atoms with van der Waals surface area (Å²) in [7, 11) is 0. The molecule has 2 heterocycles. The summed E-state index contributed by atoms with van der Waals surface area (Å²) in [4.78, 5) is 21.0. The molecular weight excluding hydrogens is 441 g/mol. The van der Waals surface area contributed by atoms with E-state index in [1.807, 2.05) is 66.7 Å². The topological polar surface area (TPSA) is 57.0 Å². The summed E-state index contributed by atoms with van der Waals surface area (Å²) in [6, 6.07) is 27.3. The van der Waals surface area contributed by atoms with Gasteiger partial charge in [0.25, 0.3) is 5.56 Å². The maximum absolute atomic E-state index is 13.4. The van der Waals surface area contributed by atoms with Crippen LogP contribution in [0.25, 0.3) is 22.6 Å². The average Bonchev–Trinajstić information content (AvgIpc) is 2.90. The van der Waals surface area contributed by atoms with Crippen LogP contribution >= 0.6 is 0 Å². The van der Waals surface area contributed by atoms with Crippen LogP contribution in [0.2, 0.25) is 0 Å². The van der Waals surface area contributed by atoms with Crippen LogP contribution in [-0.2, 0) is 13.2 Å². The molecule has 6 heteroatoms. The number of benzene rings is 3. The molecule has 5 nitrogen and oxygen atoms in total. The van der Waals surface area contributed by atoms with E-state index in [-0.39, 0.29) is 11.4 Å². The summed E-state index contributed by atoms with van der Waals surface area (Å²) >= 11 is 0. The standard InChI is InChI=1S/C29H22FN3O2/c30-25-10-5-21(6-11-25)17-24(18-33-20-31-16-15-29(33)34)22-8-13-27(14-9-22)35-19-26-12-7-23-3-1-2-4-28(23)32-26/h1-17,20H,18-19H2/b24-17-. The number of allylic oxidation sites excluding steroid dienone is 1. The molecule has 0 amide bonds. The van der Waals surface area contributed by atoms with Gasteiger partial charge >= 0.3 is 0 Å². The van der Waals surface area contributed by atoms with E-state index in [0.29, 0.717) is 18.9 Å². The fourth-order valence-corrected chi connectivity index (χ4v) is 3.77. The second-order valence-corrected chi connectivity index (χ2v) is 8.08. The summed E-state index contributed by atoms with van der Waals surface area (Å²) in [6.45, 7) is 0.679. The molecule has 172 valence electrons. The number of ether oxygens (including phenoxy) is 1. The molecule has 0 N–H and O–H groups in total. The Bertz CT molecular complexity index is 1540. The van der Waals surface area contributed by atoms with Gasteiger partial charge in [-0.15, -0.1) is 0 Å². The van der Waals surface area contributed by atoms with Crippen LogP contribution in [0.15, 0.2) is 108 Å². The van der Waals surface area contributed by atoms with E-state index in [0.717, 1.165) is 33.3 Å². The van der Waals surface area contributed by atoms with Crippen LogP contribution in [0.4, 0.5) is 4.39 Å². The third-order valence-corrected chi connectivity index (χ3v) is 5.61. The lowest BCUT2D eigenvalue weighted by Gasteiger charge is -2.12. The van der Waals surface area contributed by atoms with Crippen molar-refractivity contribution in [2.75, 3.05) is 0 Å². The van der Waals surface area contributed by atoms with E-state index in [1.54, 1.807) is 12.1 Å². The van der Waals surface area contributed by atoms with Crippen molar-refractivity contribution >= 4 is 22.6 Å². The number of halogens is 1. The molecule has 0 saturated heterocycles. The highest BCUT2D eigenvalue weighted by Gasteiger charge is 2.07. The zero-order chi connectivity index (χ0) is 24.0. The van der Waals surface area contributed by atoms with E-state index in [1.165, 1.54) is 35.3 Å². The van der Waals surface area contributed by atoms with E-state index in [4.69, 9.17) is 4.74 Å². The predicted octanol–water partition coefficient (Wildman–Crippen LogP) is 5.75. The van der Waals surface area contributed by atoms with E-state index in [2.05, 4.69) is 9.97 Å². The molecule has 0 atom stereocenters. The lowest BCUT2D eigenvalue weighted by atomic mass is 10.0. The van der Waals surface area contributed by atoms with Crippen LogP contribution in [0, 0.1) is 5.82 Å². The number of hydrogen-bond acceptors (Lipinski definition) is 4. The SMILES string of the molecule is O=c1ccncn1C/C(=C/c1ccc(F)cc1)c1ccc(OCc2ccc3ccccc3n2)cc1. The molecule has 0 bridgehead atoms. The normalized spacial score (nSPS) is 11.5. The van der Waals surface area contributed by atoms with Crippen molar-refractivity contribution in [2.45, 2.75) is 13.2 Å². The van der Waals surface area contributed by atoms with Crippen molar-refractivity contribution < 1.29 is 9.13 Å². The Morgan fingerprint density at radius 2 is 1.71 bits per heavy atom. The lowest BCUT2D eigenvalue weighted by molar-refractivity contribution is 0.302. The minimum Gasteiger partial charge on any atom is -0.487 e. The van der Waals surface area contributed by atoms with Gasteiger partial charge in [0.1, 0.15) is 18.2 Å². The highest BCUT2D eigenvalue weighted by atomic mass is 19.1. The van der Waals surface area contributed by atoms with E-state index >= 15 is 0 Å². The second kappa shape index (κ2) is 10.1. The van der Waals surface area contributed by atoms with Gasteiger partial charge in [0.2, 0.25) is 0 Å². The summed E-state index contributed by atoms with van der Waals surface area (Å²) in [6.07, 6.45) is 4.92. The van der Waals surface area contributed by atoms with Gasteiger partial charge in [0.05, 0.1) is 24.1 Å². The van der Waals surface area contributed by atoms with Crippen LogP contribution in [-0.4, -0.2) is 14.5 Å². The summed E-state index contributed by atoms with van der Waals surface area (Å²) in [5.41, 5.74) is 4.27. The van der Waals surface area contributed by atoms with Crippen molar-refractivity contribution in [1.29, 1.82) is 0 Å². The van der Waals surface area contributed by atoms with Gasteiger partial charge in [0, 0.05) is 17.6 Å². The molecular formula is C29H22FN3O2. The van der Waals surface area contributed by atoms with Crippen molar-refractivity contribution in [1.82, 2.24) is 14.5 Å². The zero-order valence-electron chi connectivity index (χ0n) is 18.8. The highest BCUT2D eigenvalue weighted by Crippen LogP contribution is 2.23. The van der Waals surface area contributed by atoms with Crippen molar-refractivity contribution in [3.63, 3.8) is 0 Å². The minimum absolute atomic E-state index is 0.146. The Labute approximate surface area is 201 Å². The highest BCUT2D eigenvalue weighted by molar-refractivity contribution is 5.81. The van der Waals surface area contributed by atoms with Crippen molar-refractivity contribution in [3.8, 4) is 5.75 Å². The molecule has 0 radical (unpaired) electrons. The van der Waals surface area contributed by atoms with E-state index < -0.39 is 0 Å². The fourth-order valence-electron chi connectivity index (χ4n) is 3.77. The Hall–Kier alpha value is -4.58. The maximum Gasteiger partial charge on any atom is 0.253 e. The number of nitrogens with zero attached hydrogens (tertiary/aromatic N) is 3. The molecule has 35 heavy (non-hydrogen) atoms. The first kappa shape index (κ1) is 22.2. The van der Waals surface area contributed by atoms with Crippen molar-refractivity contribution in [3.05, 3.63) is 137 Å². The maximum atomic E-state index is 13.4. The third kappa shape index (κ3) is 5.50. The van der Waals surface area contributed by atoms with Crippen molar-refractivity contribution in [2.24, 2.45) is 0 Å². The number of hydrogen-bond donors (Lipinski definition) is 0. The number of aromatic nitrogens is 3. The van der Waals surface area contributed by atoms with Gasteiger partial charge in [-0.25, -0.2) is 14.4 Å². The zero-order valence-corrected chi connectivity index (χ0v) is 18.8. The molecule has 0 unspecified atom stereocenters. The van der Waals surface area contributed by atoms with Gasteiger partial charge in [-0.2, -0.15) is 0 Å². The predicted molar refractivity (Wildman–Crippen MR) is 135 cm³/mol. The molecule has 0 saturated carbocycles. The first-order valence-corrected chi connectivity index (χ1v) is 11.2. The molecule has 5 rings (SSSR count). The smallest absolute Gasteiger partial charge is 0.253 e. The fraction of sp³-hybridized carbons (Fsp3) is 0.0690. The van der Waals surface area contributed by atoms with Gasteiger partial charge in [-0.1, -0.05) is 48.5 Å². The Morgan fingerprint density at radius 1 is 0.914 bits per heavy atom. The van der Waals surface area contributed by atoms with Crippen LogP contribution < -0.4 is 10.3 Å². The van der Waals surface area contributed by atoms with Gasteiger partial charge < -0.3 is 4.74 Å². The van der Waals surface area contributed by atoms with Crippen LogP contribution in [0.3, 0.4) is 0 Å². The monoisotopic (exact) mass is 463 g/mol. The number of fused-ring (bicyclic) bond motifs is 1. The minimum atomic E-state index is -0.297. The average molecular weight is 464 g/mol. The number of pyridine rings is 1. The summed E-state index contributed by atoms with van der Waals surface area (Å²) in [5.74, 6) is 0.415. The quantitative estimate of drug-likeness (QED) is 0.288. The van der Waals surface area contributed by atoms with E-state index in [9.17, 15) is 9.18 Å². The largest absolute Gasteiger partial charge is 0.487 e. The molecule has 2 aromatic heterocycles. The second-order valence-electron chi connectivity index (χ2n) is 8.08. The Balaban J connectivity index is 1.37. The van der Waals surface area contributed by atoms with Crippen LogP contribution in [0.1, 0.15) is 16.8 Å². The molecule has 0 spiro atoms.